The molecule has 2 aromatic rings. The highest BCUT2D eigenvalue weighted by Crippen LogP contribution is 2.36. The van der Waals surface area contributed by atoms with Gasteiger partial charge in [-0.25, -0.2) is 14.7 Å². The Morgan fingerprint density at radius 1 is 0.886 bits per heavy atom. The topological polar surface area (TPSA) is 65.0 Å². The number of carbonyl (C=O) groups excluding carboxylic acids is 2. The van der Waals surface area contributed by atoms with Crippen LogP contribution in [0.1, 0.15) is 11.1 Å². The van der Waals surface area contributed by atoms with Gasteiger partial charge in [-0.1, -0.05) is 40.9 Å². The second-order valence-corrected chi connectivity index (χ2v) is 9.52. The molecule has 1 saturated heterocycles. The van der Waals surface area contributed by atoms with E-state index < -0.39 is 51.2 Å². The molecule has 1 aliphatic heterocycles. The Bertz CT molecular complexity index is 1160. The summed E-state index contributed by atoms with van der Waals surface area (Å²) in [5.74, 6) is -1.69. The van der Waals surface area contributed by atoms with Gasteiger partial charge in [-0.15, -0.1) is 0 Å². The Hall–Kier alpha value is -2.70. The maximum atomic E-state index is 13.2. The van der Waals surface area contributed by atoms with Crippen LogP contribution in [0.3, 0.4) is 0 Å². The van der Waals surface area contributed by atoms with E-state index in [9.17, 15) is 35.9 Å². The summed E-state index contributed by atoms with van der Waals surface area (Å²) in [6, 6.07) is 6.08. The van der Waals surface area contributed by atoms with E-state index in [2.05, 4.69) is 10.3 Å². The SMILES string of the molecule is CN1C(=O)C(=NC(Nc2ccc(C(F)(F)F)cc2)C(Cl)(Cl)Cl)N(c2cccc(C(F)(F)F)c2)C1=O. The molecule has 0 spiro atoms. The summed E-state index contributed by atoms with van der Waals surface area (Å²) in [5.41, 5.74) is -2.37. The van der Waals surface area contributed by atoms with Crippen molar-refractivity contribution in [2.75, 3.05) is 17.3 Å². The van der Waals surface area contributed by atoms with Crippen molar-refractivity contribution >= 4 is 64.0 Å². The number of alkyl halides is 9. The monoisotopic (exact) mass is 560 g/mol. The van der Waals surface area contributed by atoms with Crippen molar-refractivity contribution in [1.82, 2.24) is 4.90 Å². The Kier molecular flexibility index (Phi) is 7.22. The number of hydrogen-bond donors (Lipinski definition) is 1. The van der Waals surface area contributed by atoms with Crippen molar-refractivity contribution in [3.05, 3.63) is 59.7 Å². The largest absolute Gasteiger partial charge is 0.416 e. The molecule has 0 aliphatic carbocycles. The van der Waals surface area contributed by atoms with Crippen LogP contribution in [0.5, 0.6) is 0 Å². The number of nitrogens with zero attached hydrogens (tertiary/aromatic N) is 3. The van der Waals surface area contributed by atoms with Crippen LogP contribution in [0, 0.1) is 0 Å². The summed E-state index contributed by atoms with van der Waals surface area (Å²) in [6.45, 7) is 0. The first-order chi connectivity index (χ1) is 16.0. The molecule has 188 valence electrons. The second kappa shape index (κ2) is 9.40. The van der Waals surface area contributed by atoms with Crippen molar-refractivity contribution in [2.24, 2.45) is 4.99 Å². The molecule has 1 aliphatic rings. The molecular formula is C20H13Cl3F6N4O2. The fraction of sp³-hybridized carbons (Fsp3) is 0.250. The Balaban J connectivity index is 2.04. The molecule has 1 N–H and O–H groups in total. The quantitative estimate of drug-likeness (QED) is 0.270. The smallest absolute Gasteiger partial charge is 0.360 e. The van der Waals surface area contributed by atoms with Crippen molar-refractivity contribution in [2.45, 2.75) is 22.3 Å². The van der Waals surface area contributed by atoms with Crippen molar-refractivity contribution in [1.29, 1.82) is 0 Å². The van der Waals surface area contributed by atoms with E-state index in [0.717, 1.165) is 49.5 Å². The van der Waals surface area contributed by atoms with Crippen molar-refractivity contribution in [3.8, 4) is 0 Å². The molecule has 15 heteroatoms. The van der Waals surface area contributed by atoms with E-state index in [-0.39, 0.29) is 11.4 Å². The molecular weight excluding hydrogens is 549 g/mol. The first-order valence-corrected chi connectivity index (χ1v) is 10.5. The lowest BCUT2D eigenvalue weighted by Crippen LogP contribution is -2.38. The number of likely N-dealkylation sites (N-methyl/N-ethyl adjacent to an activating group) is 1. The molecule has 3 rings (SSSR count). The van der Waals surface area contributed by atoms with E-state index in [1.165, 1.54) is 0 Å². The van der Waals surface area contributed by atoms with Crippen LogP contribution < -0.4 is 10.2 Å². The van der Waals surface area contributed by atoms with Gasteiger partial charge in [-0.3, -0.25) is 9.69 Å². The lowest BCUT2D eigenvalue weighted by atomic mass is 10.2. The van der Waals surface area contributed by atoms with E-state index in [1.807, 2.05) is 0 Å². The number of imide groups is 1. The molecule has 1 heterocycles. The van der Waals surface area contributed by atoms with Gasteiger partial charge in [-0.2, -0.15) is 26.3 Å². The fourth-order valence-electron chi connectivity index (χ4n) is 2.96. The zero-order chi connectivity index (χ0) is 26.3. The van der Waals surface area contributed by atoms with Crippen LogP contribution >= 0.6 is 34.8 Å². The van der Waals surface area contributed by atoms with Gasteiger partial charge in [-0.05, 0) is 42.5 Å². The van der Waals surface area contributed by atoms with E-state index >= 15 is 0 Å². The van der Waals surface area contributed by atoms with Gasteiger partial charge in [0.05, 0.1) is 16.8 Å². The number of carbonyl (C=O) groups is 2. The molecule has 0 saturated carbocycles. The third-order valence-corrected chi connectivity index (χ3v) is 5.31. The van der Waals surface area contributed by atoms with Crippen molar-refractivity contribution in [3.63, 3.8) is 0 Å². The number of anilines is 2. The predicted octanol–water partition coefficient (Wildman–Crippen LogP) is 6.33. The van der Waals surface area contributed by atoms with Gasteiger partial charge >= 0.3 is 18.4 Å². The number of nitrogens with one attached hydrogen (secondary N) is 1. The highest BCUT2D eigenvalue weighted by Gasteiger charge is 2.44. The van der Waals surface area contributed by atoms with Crippen LogP contribution in [0.4, 0.5) is 42.5 Å². The van der Waals surface area contributed by atoms with E-state index in [1.54, 1.807) is 0 Å². The van der Waals surface area contributed by atoms with Crippen LogP contribution in [-0.4, -0.2) is 39.7 Å². The third-order valence-electron chi connectivity index (χ3n) is 4.69. The fourth-order valence-corrected chi connectivity index (χ4v) is 3.27. The predicted molar refractivity (Wildman–Crippen MR) is 119 cm³/mol. The second-order valence-electron chi connectivity index (χ2n) is 7.15. The summed E-state index contributed by atoms with van der Waals surface area (Å²) >= 11 is 17.8. The zero-order valence-electron chi connectivity index (χ0n) is 17.3. The number of urea groups is 1. The first kappa shape index (κ1) is 26.9. The Labute approximate surface area is 209 Å². The number of benzene rings is 2. The van der Waals surface area contributed by atoms with E-state index in [4.69, 9.17) is 34.8 Å². The normalized spacial score (nSPS) is 17.4. The number of hydrogen-bond acceptors (Lipinski definition) is 4. The highest BCUT2D eigenvalue weighted by molar-refractivity contribution is 6.68. The molecule has 3 amide bonds. The van der Waals surface area contributed by atoms with Gasteiger partial charge in [0.1, 0.15) is 0 Å². The molecule has 6 nitrogen and oxygen atoms in total. The van der Waals surface area contributed by atoms with Gasteiger partial charge < -0.3 is 5.32 Å². The Morgan fingerprint density at radius 2 is 1.46 bits per heavy atom. The molecule has 1 atom stereocenters. The van der Waals surface area contributed by atoms with Crippen LogP contribution in [0.25, 0.3) is 0 Å². The van der Waals surface area contributed by atoms with E-state index in [0.29, 0.717) is 15.9 Å². The highest BCUT2D eigenvalue weighted by atomic mass is 35.6. The molecule has 2 aromatic carbocycles. The average molecular weight is 562 g/mol. The zero-order valence-corrected chi connectivity index (χ0v) is 19.5. The maximum absolute atomic E-state index is 13.2. The minimum Gasteiger partial charge on any atom is -0.360 e. The number of amides is 3. The summed E-state index contributed by atoms with van der Waals surface area (Å²) in [6.07, 6.45) is -11.0. The lowest BCUT2D eigenvalue weighted by Gasteiger charge is -2.25. The first-order valence-electron chi connectivity index (χ1n) is 9.38. The maximum Gasteiger partial charge on any atom is 0.416 e. The van der Waals surface area contributed by atoms with Crippen LogP contribution in [0.2, 0.25) is 0 Å². The van der Waals surface area contributed by atoms with Gasteiger partial charge in [0, 0.05) is 12.7 Å². The molecule has 0 radical (unpaired) electrons. The minimum absolute atomic E-state index is 0.00872. The average Bonchev–Trinajstić information content (AvgIpc) is 2.95. The summed E-state index contributed by atoms with van der Waals surface area (Å²) < 4.78 is 75.6. The van der Waals surface area contributed by atoms with Gasteiger partial charge in [0.15, 0.2) is 6.17 Å². The number of halogens is 9. The number of aliphatic imine (C=N–C) groups is 1. The Morgan fingerprint density at radius 3 is 1.97 bits per heavy atom. The summed E-state index contributed by atoms with van der Waals surface area (Å²) in [4.78, 5) is 30.5. The number of amidine groups is 1. The molecule has 1 fully saturated rings. The summed E-state index contributed by atoms with van der Waals surface area (Å²) in [7, 11) is 1.07. The molecule has 0 aromatic heterocycles. The lowest BCUT2D eigenvalue weighted by molar-refractivity contribution is -0.138. The standard InChI is InChI=1S/C20H13Cl3F6N4O2/c1-32-15(34)14(33(17(32)35)13-4-2-3-11(9-13)20(27,28)29)31-16(18(21,22)23)30-12-7-5-10(6-8-12)19(24,25)26/h2-9,16,30H,1H3. The molecule has 1 unspecified atom stereocenters. The van der Waals surface area contributed by atoms with Gasteiger partial charge in [0.25, 0.3) is 5.91 Å². The van der Waals surface area contributed by atoms with Crippen LogP contribution in [0.15, 0.2) is 53.5 Å². The van der Waals surface area contributed by atoms with Gasteiger partial charge in [0.2, 0.25) is 9.63 Å². The summed E-state index contributed by atoms with van der Waals surface area (Å²) in [5, 5.41) is 2.54. The number of rotatable bonds is 4. The third kappa shape index (κ3) is 5.93. The molecule has 0 bridgehead atoms. The van der Waals surface area contributed by atoms with Crippen LogP contribution in [-0.2, 0) is 17.1 Å². The molecule has 35 heavy (non-hydrogen) atoms. The van der Waals surface area contributed by atoms with Crippen molar-refractivity contribution < 1.29 is 35.9 Å². The minimum atomic E-state index is -4.74.